The SMILES string of the molecule is COCc1ccc(C(=O)N[C@@H](CO)C(=O)OC)cc1. The molecule has 0 radical (unpaired) electrons. The number of rotatable bonds is 6. The molecule has 1 atom stereocenters. The Kier molecular flexibility index (Phi) is 5.98. The second-order valence-electron chi connectivity index (χ2n) is 3.86. The summed E-state index contributed by atoms with van der Waals surface area (Å²) in [6.07, 6.45) is 0. The van der Waals surface area contributed by atoms with Crippen molar-refractivity contribution < 1.29 is 24.2 Å². The lowest BCUT2D eigenvalue weighted by atomic mass is 10.1. The Morgan fingerprint density at radius 2 is 1.89 bits per heavy atom. The minimum Gasteiger partial charge on any atom is -0.467 e. The van der Waals surface area contributed by atoms with Crippen LogP contribution in [0.4, 0.5) is 0 Å². The molecular formula is C13H17NO5. The largest absolute Gasteiger partial charge is 0.467 e. The Labute approximate surface area is 111 Å². The lowest BCUT2D eigenvalue weighted by molar-refractivity contribution is -0.143. The Bertz CT molecular complexity index is 429. The van der Waals surface area contributed by atoms with E-state index in [1.807, 2.05) is 0 Å². The highest BCUT2D eigenvalue weighted by Crippen LogP contribution is 2.06. The van der Waals surface area contributed by atoms with Crippen LogP contribution in [0.25, 0.3) is 0 Å². The van der Waals surface area contributed by atoms with Gasteiger partial charge in [0.15, 0.2) is 6.04 Å². The highest BCUT2D eigenvalue weighted by Gasteiger charge is 2.20. The first-order valence-corrected chi connectivity index (χ1v) is 5.69. The van der Waals surface area contributed by atoms with Crippen molar-refractivity contribution in [2.75, 3.05) is 20.8 Å². The summed E-state index contributed by atoms with van der Waals surface area (Å²) in [5.41, 5.74) is 1.33. The van der Waals surface area contributed by atoms with Gasteiger partial charge in [-0.25, -0.2) is 4.79 Å². The molecule has 1 aromatic carbocycles. The molecule has 0 saturated heterocycles. The van der Waals surface area contributed by atoms with Crippen molar-refractivity contribution in [3.05, 3.63) is 35.4 Å². The van der Waals surface area contributed by atoms with E-state index in [1.165, 1.54) is 7.11 Å². The summed E-state index contributed by atoms with van der Waals surface area (Å²) in [6, 6.07) is 5.69. The normalized spacial score (nSPS) is 11.7. The smallest absolute Gasteiger partial charge is 0.330 e. The van der Waals surface area contributed by atoms with Gasteiger partial charge in [0.05, 0.1) is 20.3 Å². The number of amides is 1. The van der Waals surface area contributed by atoms with Gasteiger partial charge in [-0.2, -0.15) is 0 Å². The maximum Gasteiger partial charge on any atom is 0.330 e. The molecule has 0 saturated carbocycles. The van der Waals surface area contributed by atoms with Crippen LogP contribution in [-0.2, 0) is 20.9 Å². The van der Waals surface area contributed by atoms with Crippen LogP contribution in [0.15, 0.2) is 24.3 Å². The molecular weight excluding hydrogens is 250 g/mol. The summed E-state index contributed by atoms with van der Waals surface area (Å²) in [5, 5.41) is 11.4. The van der Waals surface area contributed by atoms with Gasteiger partial charge in [-0.3, -0.25) is 4.79 Å². The van der Waals surface area contributed by atoms with Crippen molar-refractivity contribution in [3.8, 4) is 0 Å². The van der Waals surface area contributed by atoms with Gasteiger partial charge in [0.2, 0.25) is 0 Å². The number of nitrogens with one attached hydrogen (secondary N) is 1. The molecule has 0 aliphatic heterocycles. The summed E-state index contributed by atoms with van der Waals surface area (Å²) < 4.78 is 9.42. The number of ether oxygens (including phenoxy) is 2. The van der Waals surface area contributed by atoms with Crippen molar-refractivity contribution in [2.45, 2.75) is 12.6 Å². The molecule has 0 heterocycles. The minimum atomic E-state index is -1.06. The number of aliphatic hydroxyl groups is 1. The van der Waals surface area contributed by atoms with Crippen LogP contribution in [0.1, 0.15) is 15.9 Å². The predicted molar refractivity (Wildman–Crippen MR) is 67.5 cm³/mol. The van der Waals surface area contributed by atoms with Crippen LogP contribution in [0, 0.1) is 0 Å². The van der Waals surface area contributed by atoms with E-state index in [1.54, 1.807) is 31.4 Å². The molecule has 1 amide bonds. The highest BCUT2D eigenvalue weighted by molar-refractivity contribution is 5.96. The fourth-order valence-electron chi connectivity index (χ4n) is 1.48. The van der Waals surface area contributed by atoms with Crippen molar-refractivity contribution >= 4 is 11.9 Å². The Morgan fingerprint density at radius 3 is 2.37 bits per heavy atom. The first kappa shape index (κ1) is 15.1. The number of carbonyl (C=O) groups excluding carboxylic acids is 2. The van der Waals surface area contributed by atoms with Gasteiger partial charge < -0.3 is 19.9 Å². The van der Waals surface area contributed by atoms with Gasteiger partial charge in [0.25, 0.3) is 5.91 Å². The van der Waals surface area contributed by atoms with Crippen molar-refractivity contribution in [1.29, 1.82) is 0 Å². The molecule has 104 valence electrons. The van der Waals surface area contributed by atoms with E-state index in [2.05, 4.69) is 10.1 Å². The molecule has 1 aromatic rings. The Balaban J connectivity index is 2.69. The van der Waals surface area contributed by atoms with E-state index >= 15 is 0 Å². The van der Waals surface area contributed by atoms with E-state index in [4.69, 9.17) is 9.84 Å². The number of methoxy groups -OCH3 is 2. The average molecular weight is 267 g/mol. The highest BCUT2D eigenvalue weighted by atomic mass is 16.5. The molecule has 0 aliphatic rings. The first-order valence-electron chi connectivity index (χ1n) is 5.69. The molecule has 0 unspecified atom stereocenters. The fourth-order valence-corrected chi connectivity index (χ4v) is 1.48. The van der Waals surface area contributed by atoms with Gasteiger partial charge in [-0.15, -0.1) is 0 Å². The third-order valence-corrected chi connectivity index (χ3v) is 2.50. The van der Waals surface area contributed by atoms with Gasteiger partial charge in [-0.05, 0) is 17.7 Å². The molecule has 0 bridgehead atoms. The number of hydrogen-bond acceptors (Lipinski definition) is 5. The van der Waals surface area contributed by atoms with E-state index in [0.717, 1.165) is 5.56 Å². The molecule has 0 spiro atoms. The van der Waals surface area contributed by atoms with Gasteiger partial charge in [0, 0.05) is 12.7 Å². The second kappa shape index (κ2) is 7.50. The van der Waals surface area contributed by atoms with Crippen molar-refractivity contribution in [3.63, 3.8) is 0 Å². The summed E-state index contributed by atoms with van der Waals surface area (Å²) in [4.78, 5) is 23.1. The van der Waals surface area contributed by atoms with Gasteiger partial charge in [-0.1, -0.05) is 12.1 Å². The lowest BCUT2D eigenvalue weighted by Crippen LogP contribution is -2.44. The summed E-state index contributed by atoms with van der Waals surface area (Å²) in [5.74, 6) is -1.14. The fraction of sp³-hybridized carbons (Fsp3) is 0.385. The van der Waals surface area contributed by atoms with Crippen molar-refractivity contribution in [1.82, 2.24) is 5.32 Å². The number of esters is 1. The molecule has 6 nitrogen and oxygen atoms in total. The summed E-state index contributed by atoms with van der Waals surface area (Å²) in [7, 11) is 2.78. The third kappa shape index (κ3) is 4.35. The van der Waals surface area contributed by atoms with E-state index in [0.29, 0.717) is 12.2 Å². The third-order valence-electron chi connectivity index (χ3n) is 2.50. The number of carbonyl (C=O) groups is 2. The van der Waals surface area contributed by atoms with Gasteiger partial charge in [0.1, 0.15) is 0 Å². The van der Waals surface area contributed by atoms with Crippen LogP contribution < -0.4 is 5.32 Å². The lowest BCUT2D eigenvalue weighted by Gasteiger charge is -2.13. The zero-order valence-corrected chi connectivity index (χ0v) is 10.9. The van der Waals surface area contributed by atoms with Crippen LogP contribution in [-0.4, -0.2) is 43.9 Å². The molecule has 19 heavy (non-hydrogen) atoms. The maximum atomic E-state index is 11.8. The Hall–Kier alpha value is -1.92. The standard InChI is InChI=1S/C13H17NO5/c1-18-8-9-3-5-10(6-4-9)12(16)14-11(7-15)13(17)19-2/h3-6,11,15H,7-8H2,1-2H3,(H,14,16)/t11-/m0/s1. The quantitative estimate of drug-likeness (QED) is 0.714. The minimum absolute atomic E-state index is 0.391. The van der Waals surface area contributed by atoms with Crippen molar-refractivity contribution in [2.24, 2.45) is 0 Å². The predicted octanol–water partition coefficient (Wildman–Crippen LogP) is 0.0967. The summed E-state index contributed by atoms with van der Waals surface area (Å²) in [6.45, 7) is -0.0521. The summed E-state index contributed by atoms with van der Waals surface area (Å²) >= 11 is 0. The van der Waals surface area contributed by atoms with Crippen LogP contribution in [0.3, 0.4) is 0 Å². The number of benzene rings is 1. The van der Waals surface area contributed by atoms with E-state index in [-0.39, 0.29) is 0 Å². The molecule has 6 heteroatoms. The number of aliphatic hydroxyl groups excluding tert-OH is 1. The molecule has 2 N–H and O–H groups in total. The zero-order chi connectivity index (χ0) is 14.3. The molecule has 0 aliphatic carbocycles. The maximum absolute atomic E-state index is 11.8. The monoisotopic (exact) mass is 267 g/mol. The van der Waals surface area contributed by atoms with Crippen LogP contribution >= 0.6 is 0 Å². The van der Waals surface area contributed by atoms with Gasteiger partial charge >= 0.3 is 5.97 Å². The zero-order valence-electron chi connectivity index (χ0n) is 10.9. The van der Waals surface area contributed by atoms with E-state index < -0.39 is 24.5 Å². The average Bonchev–Trinajstić information content (AvgIpc) is 2.44. The van der Waals surface area contributed by atoms with Crippen LogP contribution in [0.5, 0.6) is 0 Å². The number of hydrogen-bond donors (Lipinski definition) is 2. The first-order chi connectivity index (χ1) is 9.12. The molecule has 1 rings (SSSR count). The Morgan fingerprint density at radius 1 is 1.26 bits per heavy atom. The van der Waals surface area contributed by atoms with Crippen LogP contribution in [0.2, 0.25) is 0 Å². The second-order valence-corrected chi connectivity index (χ2v) is 3.86. The topological polar surface area (TPSA) is 84.9 Å². The molecule has 0 fully saturated rings. The van der Waals surface area contributed by atoms with E-state index in [9.17, 15) is 9.59 Å². The molecule has 0 aromatic heterocycles.